The summed E-state index contributed by atoms with van der Waals surface area (Å²) in [5, 5.41) is 26.2. The molecule has 1 fully saturated rings. The first-order valence-corrected chi connectivity index (χ1v) is 31.8. The van der Waals surface area contributed by atoms with Crippen molar-refractivity contribution in [1.29, 1.82) is 0 Å². The number of nitrogens with zero attached hydrogens (tertiary/aromatic N) is 15. The third-order valence-electron chi connectivity index (χ3n) is 13.6. The topological polar surface area (TPSA) is 352 Å². The van der Waals surface area contributed by atoms with Gasteiger partial charge in [0.2, 0.25) is 0 Å². The van der Waals surface area contributed by atoms with Crippen LogP contribution in [-0.2, 0) is 33.3 Å². The SMILES string of the molecule is COc1ccc(-c2cn(-c3cc(CN4CCN(Cc5cc(-n6cc(-c7ccc(OC)cc7)nn6)cc(P(C)(=O)[O-])n5)CCN(Cc5cc(-n6cc(-c7ccc(OC)cc7)nn6)cc(P(C)(=O)[O-])n5)CC4)nc(P(C)(=O)[O-])c3)nn2)cc1.O.O.[Eu+3]. The zero-order chi connectivity index (χ0) is 57.1. The van der Waals surface area contributed by atoms with Crippen molar-refractivity contribution < 1.29 is 103 Å². The van der Waals surface area contributed by atoms with Crippen molar-refractivity contribution >= 4 is 38.4 Å². The van der Waals surface area contributed by atoms with Gasteiger partial charge in [0.15, 0.2) is 0 Å². The third kappa shape index (κ3) is 16.2. The molecule has 0 bridgehead atoms. The third-order valence-corrected chi connectivity index (χ3v) is 16.8. The molecule has 4 N–H and O–H groups in total. The predicted octanol–water partition coefficient (Wildman–Crippen LogP) is 1.49. The van der Waals surface area contributed by atoms with Gasteiger partial charge in [-0.25, -0.2) is 29.0 Å². The van der Waals surface area contributed by atoms with Crippen LogP contribution in [0.3, 0.4) is 0 Å². The van der Waals surface area contributed by atoms with Crippen molar-refractivity contribution in [2.75, 3.05) is 80.6 Å². The van der Waals surface area contributed by atoms with Crippen LogP contribution in [0.2, 0.25) is 0 Å². The first-order chi connectivity index (χ1) is 38.8. The Morgan fingerprint density at radius 3 is 0.869 bits per heavy atom. The van der Waals surface area contributed by atoms with Crippen molar-refractivity contribution in [3.8, 4) is 68.1 Å². The number of ether oxygens (including phenoxy) is 3. The predicted molar refractivity (Wildman–Crippen MR) is 306 cm³/mol. The molecule has 10 rings (SSSR count). The molecule has 1 aliphatic heterocycles. The molecule has 1 aliphatic rings. The van der Waals surface area contributed by atoms with Crippen LogP contribution in [0.5, 0.6) is 17.2 Å². The Bertz CT molecular complexity index is 3430. The quantitative estimate of drug-likeness (QED) is 0.110. The maximum Gasteiger partial charge on any atom is 3.00 e. The molecule has 3 aromatic carbocycles. The minimum absolute atomic E-state index is 0. The summed E-state index contributed by atoms with van der Waals surface area (Å²) >= 11 is 0. The minimum atomic E-state index is -4.15. The molecule has 9 aromatic rings. The number of hydrogen-bond acceptors (Lipinski definition) is 21. The summed E-state index contributed by atoms with van der Waals surface area (Å²) in [5.41, 5.74) is 6.42. The van der Waals surface area contributed by atoms with E-state index in [0.29, 0.717) is 108 Å². The van der Waals surface area contributed by atoms with Gasteiger partial charge in [-0.2, -0.15) is 0 Å². The summed E-state index contributed by atoms with van der Waals surface area (Å²) in [6.07, 6.45) is 5.15. The molecule has 26 nitrogen and oxygen atoms in total. The Labute approximate surface area is 525 Å². The van der Waals surface area contributed by atoms with E-state index in [1.54, 1.807) is 58.1 Å². The van der Waals surface area contributed by atoms with Crippen LogP contribution in [0, 0.1) is 49.4 Å². The molecule has 0 saturated carbocycles. The molecule has 3 atom stereocenters. The fraction of sp³-hybridized carbons (Fsp3) is 0.278. The molecule has 7 heterocycles. The first-order valence-electron chi connectivity index (χ1n) is 25.6. The van der Waals surface area contributed by atoms with Crippen LogP contribution >= 0.6 is 22.1 Å². The number of pyridine rings is 3. The average Bonchev–Trinajstić information content (AvgIpc) is 4.35. The molecule has 6 aromatic heterocycles. The van der Waals surface area contributed by atoms with Gasteiger partial charge in [-0.05, 0) is 129 Å². The zero-order valence-corrected chi connectivity index (χ0v) is 51.7. The maximum atomic E-state index is 13.3. The van der Waals surface area contributed by atoms with Crippen LogP contribution in [0.1, 0.15) is 17.1 Å². The van der Waals surface area contributed by atoms with E-state index in [1.165, 1.54) is 32.2 Å². The Morgan fingerprint density at radius 2 is 0.655 bits per heavy atom. The van der Waals surface area contributed by atoms with Crippen LogP contribution in [0.15, 0.2) is 128 Å². The van der Waals surface area contributed by atoms with E-state index in [4.69, 9.17) is 14.2 Å². The second kappa shape index (κ2) is 27.9. The van der Waals surface area contributed by atoms with Gasteiger partial charge in [0.1, 0.15) is 34.3 Å². The van der Waals surface area contributed by atoms with Crippen molar-refractivity contribution in [1.82, 2.24) is 74.6 Å². The molecular weight excluding hydrogens is 1280 g/mol. The van der Waals surface area contributed by atoms with E-state index in [2.05, 4.69) is 60.6 Å². The molecule has 0 amide bonds. The molecule has 84 heavy (non-hydrogen) atoms. The minimum Gasteiger partial charge on any atom is -0.795 e. The summed E-state index contributed by atoms with van der Waals surface area (Å²) in [4.78, 5) is 60.3. The van der Waals surface area contributed by atoms with Crippen molar-refractivity contribution in [3.63, 3.8) is 0 Å². The zero-order valence-electron chi connectivity index (χ0n) is 46.6. The van der Waals surface area contributed by atoms with Gasteiger partial charge in [0.25, 0.3) is 0 Å². The standard InChI is InChI=1S/C54H60N15O9P3.Eu.2H2O/c1-76-46-13-7-37(8-14-46)49-34-67(61-58-49)43-25-40(55-52(28-43)79(4,70)71)31-64-19-21-65(32-41-26-44(29-53(56-41)80(5,72)73)68-35-50(59-62-68)38-9-15-47(77-2)16-10-38)23-24-66(22-20-64)33-42-27-45(30-54(57-42)81(6,74)75)69-36-51(60-63-69)39-11-17-48(78-3)18-12-39;;;/h7-18,25-30,34-36H,19-24,31-33H2,1-6H3,(H,70,71)(H,72,73)(H,74,75);;2*1H2/q;+3;;/p-3. The van der Waals surface area contributed by atoms with Gasteiger partial charge in [-0.15, -0.1) is 15.3 Å². The number of methoxy groups -OCH3 is 3. The molecule has 0 spiro atoms. The first kappa shape index (κ1) is 65.4. The molecule has 0 aliphatic carbocycles. The van der Waals surface area contributed by atoms with Gasteiger partial charge in [-0.3, -0.25) is 14.7 Å². The van der Waals surface area contributed by atoms with E-state index in [-0.39, 0.29) is 96.3 Å². The van der Waals surface area contributed by atoms with E-state index in [0.717, 1.165) is 36.7 Å². The summed E-state index contributed by atoms with van der Waals surface area (Å²) in [5.74, 6) is 2.04. The monoisotopic (exact) mass is 1340 g/mol. The summed E-state index contributed by atoms with van der Waals surface area (Å²) < 4.78 is 60.3. The Balaban J connectivity index is 0.00000337. The fourth-order valence-electron chi connectivity index (χ4n) is 9.13. The van der Waals surface area contributed by atoms with Gasteiger partial charge < -0.3 is 53.5 Å². The molecule has 440 valence electrons. The van der Waals surface area contributed by atoms with E-state index >= 15 is 0 Å². The Kier molecular flexibility index (Phi) is 21.8. The number of aromatic nitrogens is 12. The van der Waals surface area contributed by atoms with E-state index < -0.39 is 22.1 Å². The summed E-state index contributed by atoms with van der Waals surface area (Å²) in [6.45, 7) is 6.83. The number of rotatable bonds is 18. The van der Waals surface area contributed by atoms with Crippen LogP contribution in [0.25, 0.3) is 50.8 Å². The van der Waals surface area contributed by atoms with Gasteiger partial charge in [0.05, 0.1) is 112 Å². The van der Waals surface area contributed by atoms with Crippen LogP contribution in [0.4, 0.5) is 0 Å². The molecule has 1 saturated heterocycles. The van der Waals surface area contributed by atoms with Gasteiger partial charge in [0, 0.05) is 75.6 Å². The second-order valence-electron chi connectivity index (χ2n) is 19.7. The van der Waals surface area contributed by atoms with Crippen LogP contribution in [-0.4, -0.2) is 166 Å². The Morgan fingerprint density at radius 1 is 0.417 bits per heavy atom. The number of hydrogen-bond donors (Lipinski definition) is 0. The van der Waals surface area contributed by atoms with E-state index in [1.807, 2.05) is 72.8 Å². The van der Waals surface area contributed by atoms with E-state index in [9.17, 15) is 28.4 Å². The largest absolute Gasteiger partial charge is 3.00 e. The molecule has 3 unspecified atom stereocenters. The van der Waals surface area contributed by atoms with Crippen molar-refractivity contribution in [2.45, 2.75) is 19.6 Å². The maximum absolute atomic E-state index is 13.3. The normalized spacial score (nSPS) is 15.5. The second-order valence-corrected chi connectivity index (χ2v) is 26.2. The van der Waals surface area contributed by atoms with Crippen molar-refractivity contribution in [2.24, 2.45) is 0 Å². The average molecular weight is 1340 g/mol. The fourth-order valence-corrected chi connectivity index (χ4v) is 11.2. The molecule has 0 radical (unpaired) electrons. The van der Waals surface area contributed by atoms with Crippen LogP contribution < -0.4 is 45.2 Å². The Hall–Kier alpha value is -6.12. The molecular formula is C54H61EuN15O11P3. The number of benzene rings is 3. The smallest absolute Gasteiger partial charge is 0.795 e. The summed E-state index contributed by atoms with van der Waals surface area (Å²) in [7, 11) is -7.68. The van der Waals surface area contributed by atoms with Gasteiger partial charge in [-0.1, -0.05) is 15.6 Å². The summed E-state index contributed by atoms with van der Waals surface area (Å²) in [6, 6.07) is 31.8. The van der Waals surface area contributed by atoms with Gasteiger partial charge >= 0.3 is 49.4 Å². The molecule has 30 heteroatoms. The van der Waals surface area contributed by atoms with Crippen molar-refractivity contribution in [3.05, 3.63) is 145 Å².